The van der Waals surface area contributed by atoms with Crippen LogP contribution in [0.2, 0.25) is 0 Å². The summed E-state index contributed by atoms with van der Waals surface area (Å²) in [5.74, 6) is 0.321. The van der Waals surface area contributed by atoms with E-state index in [2.05, 4.69) is 20.6 Å². The number of aromatic nitrogens is 5. The van der Waals surface area contributed by atoms with Crippen LogP contribution in [0, 0.1) is 11.7 Å². The molecule has 5 rings (SSSR count). The van der Waals surface area contributed by atoms with Gasteiger partial charge >= 0.3 is 0 Å². The van der Waals surface area contributed by atoms with Gasteiger partial charge in [0, 0.05) is 29.5 Å². The van der Waals surface area contributed by atoms with Crippen LogP contribution in [-0.2, 0) is 11.3 Å². The molecular formula is C24H20N6O2S2. The van der Waals surface area contributed by atoms with Crippen molar-refractivity contribution in [2.24, 2.45) is 0 Å². The highest BCUT2D eigenvalue weighted by Gasteiger charge is 2.15. The fourth-order valence-electron chi connectivity index (χ4n) is 3.69. The van der Waals surface area contributed by atoms with Crippen LogP contribution >= 0.6 is 23.6 Å². The Hall–Kier alpha value is -3.89. The van der Waals surface area contributed by atoms with Crippen molar-refractivity contribution in [3.63, 3.8) is 0 Å². The molecule has 0 saturated heterocycles. The van der Waals surface area contributed by atoms with E-state index in [4.69, 9.17) is 12.2 Å². The molecule has 2 aromatic carbocycles. The Morgan fingerprint density at radius 3 is 2.65 bits per heavy atom. The molecule has 0 saturated carbocycles. The second-order valence-electron chi connectivity index (χ2n) is 7.77. The Balaban J connectivity index is 1.36. The van der Waals surface area contributed by atoms with Crippen molar-refractivity contribution in [1.29, 1.82) is 0 Å². The normalized spacial score (nSPS) is 11.1. The molecule has 10 heteroatoms. The van der Waals surface area contributed by atoms with Crippen LogP contribution in [0.5, 0.6) is 0 Å². The summed E-state index contributed by atoms with van der Waals surface area (Å²) in [6.07, 6.45) is 1.45. The topological polar surface area (TPSA) is 97.6 Å². The molecule has 0 aliphatic carbocycles. The first kappa shape index (κ1) is 21.9. The number of thiophene rings is 1. The number of H-pyrrole nitrogens is 1. The Morgan fingerprint density at radius 1 is 1.12 bits per heavy atom. The van der Waals surface area contributed by atoms with E-state index in [9.17, 15) is 9.59 Å². The second kappa shape index (κ2) is 9.16. The number of carbonyl (C=O) groups excluding carboxylic acids is 1. The molecule has 2 N–H and O–H groups in total. The smallest absolute Gasteiger partial charge is 0.281 e. The molecule has 0 unspecified atom stereocenters. The van der Waals surface area contributed by atoms with E-state index in [0.717, 1.165) is 26.9 Å². The minimum Gasteiger partial charge on any atom is -0.300 e. The van der Waals surface area contributed by atoms with Gasteiger partial charge in [-0.2, -0.15) is 5.10 Å². The quantitative estimate of drug-likeness (QED) is 0.343. The number of aryl methyl sites for hydroxylation is 1. The van der Waals surface area contributed by atoms with Gasteiger partial charge in [0.1, 0.15) is 11.2 Å². The predicted molar refractivity (Wildman–Crippen MR) is 136 cm³/mol. The molecule has 0 bridgehead atoms. The number of amides is 1. The van der Waals surface area contributed by atoms with Crippen molar-refractivity contribution in [1.82, 2.24) is 24.4 Å². The van der Waals surface area contributed by atoms with Gasteiger partial charge in [-0.05, 0) is 24.7 Å². The highest BCUT2D eigenvalue weighted by Crippen LogP contribution is 2.30. The van der Waals surface area contributed by atoms with Crippen molar-refractivity contribution in [3.05, 3.63) is 87.0 Å². The predicted octanol–water partition coefficient (Wildman–Crippen LogP) is 4.51. The summed E-state index contributed by atoms with van der Waals surface area (Å²) in [5.41, 5.74) is 6.09. The van der Waals surface area contributed by atoms with Gasteiger partial charge in [0.2, 0.25) is 5.91 Å². The zero-order chi connectivity index (χ0) is 23.7. The minimum absolute atomic E-state index is 0.104. The van der Waals surface area contributed by atoms with Crippen molar-refractivity contribution in [2.45, 2.75) is 19.9 Å². The number of hydrogen-bond donors (Lipinski definition) is 2. The maximum atomic E-state index is 13.2. The van der Waals surface area contributed by atoms with E-state index in [1.54, 1.807) is 4.57 Å². The number of fused-ring (bicyclic) bond motifs is 1. The lowest BCUT2D eigenvalue weighted by Gasteiger charge is -2.10. The summed E-state index contributed by atoms with van der Waals surface area (Å²) >= 11 is 6.75. The van der Waals surface area contributed by atoms with E-state index < -0.39 is 0 Å². The van der Waals surface area contributed by atoms with E-state index in [-0.39, 0.29) is 17.9 Å². The molecular weight excluding hydrogens is 468 g/mol. The Morgan fingerprint density at radius 2 is 1.88 bits per heavy atom. The first-order valence-electron chi connectivity index (χ1n) is 10.6. The highest BCUT2D eigenvalue weighted by molar-refractivity contribution is 7.71. The average Bonchev–Trinajstić information content (AvgIpc) is 3.45. The van der Waals surface area contributed by atoms with Crippen molar-refractivity contribution < 1.29 is 4.79 Å². The summed E-state index contributed by atoms with van der Waals surface area (Å²) in [4.78, 5) is 30.9. The van der Waals surface area contributed by atoms with Gasteiger partial charge in [0.05, 0.1) is 5.39 Å². The van der Waals surface area contributed by atoms with Crippen LogP contribution in [0.25, 0.3) is 32.7 Å². The minimum atomic E-state index is -0.335. The summed E-state index contributed by atoms with van der Waals surface area (Å²) in [7, 11) is 0. The molecule has 1 amide bonds. The maximum Gasteiger partial charge on any atom is 0.281 e. The van der Waals surface area contributed by atoms with Gasteiger partial charge in [0.25, 0.3) is 5.56 Å². The first-order valence-corrected chi connectivity index (χ1v) is 11.9. The zero-order valence-electron chi connectivity index (χ0n) is 18.2. The molecule has 5 aromatic rings. The number of carbonyl (C=O) groups is 1. The van der Waals surface area contributed by atoms with E-state index in [0.29, 0.717) is 27.4 Å². The lowest BCUT2D eigenvalue weighted by Crippen LogP contribution is -2.33. The van der Waals surface area contributed by atoms with Gasteiger partial charge in [-0.25, -0.2) is 9.66 Å². The van der Waals surface area contributed by atoms with Crippen molar-refractivity contribution in [2.75, 3.05) is 5.43 Å². The van der Waals surface area contributed by atoms with E-state index in [1.165, 1.54) is 17.7 Å². The fourth-order valence-corrected chi connectivity index (χ4v) is 4.82. The Bertz CT molecular complexity index is 1600. The lowest BCUT2D eigenvalue weighted by atomic mass is 10.1. The summed E-state index contributed by atoms with van der Waals surface area (Å²) < 4.78 is 3.34. The van der Waals surface area contributed by atoms with Gasteiger partial charge in [0.15, 0.2) is 10.6 Å². The molecule has 0 fully saturated rings. The Kier molecular flexibility index (Phi) is 5.91. The van der Waals surface area contributed by atoms with Gasteiger partial charge in [-0.1, -0.05) is 60.2 Å². The highest BCUT2D eigenvalue weighted by atomic mass is 32.1. The number of nitrogens with zero attached hydrogens (tertiary/aromatic N) is 4. The average molecular weight is 489 g/mol. The largest absolute Gasteiger partial charge is 0.300 e. The number of nitrogens with one attached hydrogen (secondary N) is 2. The molecule has 34 heavy (non-hydrogen) atoms. The third-order valence-corrected chi connectivity index (χ3v) is 6.65. The Labute approximate surface area is 203 Å². The molecule has 0 aliphatic heterocycles. The van der Waals surface area contributed by atoms with Crippen molar-refractivity contribution in [3.8, 4) is 22.5 Å². The summed E-state index contributed by atoms with van der Waals surface area (Å²) in [6.45, 7) is 2.32. The lowest BCUT2D eigenvalue weighted by molar-refractivity contribution is -0.117. The summed E-state index contributed by atoms with van der Waals surface area (Å²) in [6, 6.07) is 17.6. The second-order valence-corrected chi connectivity index (χ2v) is 9.02. The number of hydrogen-bond acceptors (Lipinski definition) is 6. The SMILES string of the molecule is Cc1ccc(-c2n[nH]c(=S)n2CCC(=O)Nn2cnc3scc(-c4ccccc4)c3c2=O)cc1. The van der Waals surface area contributed by atoms with Crippen LogP contribution in [0.3, 0.4) is 0 Å². The van der Waals surface area contributed by atoms with Gasteiger partial charge in [-0.3, -0.25) is 24.7 Å². The zero-order valence-corrected chi connectivity index (χ0v) is 19.8. The molecule has 0 spiro atoms. The van der Waals surface area contributed by atoms with E-state index in [1.807, 2.05) is 66.9 Å². The van der Waals surface area contributed by atoms with Crippen LogP contribution in [-0.4, -0.2) is 30.3 Å². The van der Waals surface area contributed by atoms with Crippen LogP contribution in [0.1, 0.15) is 12.0 Å². The van der Waals surface area contributed by atoms with Gasteiger partial charge < -0.3 is 0 Å². The number of aromatic amines is 1. The van der Waals surface area contributed by atoms with Crippen molar-refractivity contribution >= 4 is 39.7 Å². The van der Waals surface area contributed by atoms with Crippen LogP contribution < -0.4 is 11.0 Å². The number of rotatable bonds is 6. The molecule has 0 aliphatic rings. The molecule has 170 valence electrons. The van der Waals surface area contributed by atoms with Crippen LogP contribution in [0.15, 0.2) is 71.1 Å². The molecule has 0 atom stereocenters. The number of benzene rings is 2. The third kappa shape index (κ3) is 4.20. The molecule has 3 heterocycles. The van der Waals surface area contributed by atoms with Crippen LogP contribution in [0.4, 0.5) is 0 Å². The maximum absolute atomic E-state index is 13.2. The third-order valence-electron chi connectivity index (χ3n) is 5.46. The summed E-state index contributed by atoms with van der Waals surface area (Å²) in [5, 5.41) is 9.49. The molecule has 3 aromatic heterocycles. The molecule has 8 nitrogen and oxygen atoms in total. The first-order chi connectivity index (χ1) is 16.5. The van der Waals surface area contributed by atoms with E-state index >= 15 is 0 Å². The van der Waals surface area contributed by atoms with Gasteiger partial charge in [-0.15, -0.1) is 11.3 Å². The fraction of sp³-hybridized carbons (Fsp3) is 0.125. The standard InChI is InChI=1S/C24H20N6O2S2/c1-15-7-9-17(10-8-15)21-26-27-24(33)29(21)12-11-19(31)28-30-14-25-22-20(23(30)32)18(13-34-22)16-5-3-2-4-6-16/h2-10,13-14H,11-12H2,1H3,(H,27,33)(H,28,31). The monoisotopic (exact) mass is 488 g/mol. The molecule has 0 radical (unpaired) electrons.